The number of benzene rings is 2. The number of halogens is 2. The third kappa shape index (κ3) is 3.08. The van der Waals surface area contributed by atoms with Gasteiger partial charge in [0.2, 0.25) is 0 Å². The molecule has 4 aromatic rings. The number of aromatic nitrogens is 3. The molecule has 136 valence electrons. The van der Waals surface area contributed by atoms with Gasteiger partial charge in [-0.05, 0) is 79.6 Å². The van der Waals surface area contributed by atoms with E-state index in [4.69, 9.17) is 16.6 Å². The first kappa shape index (κ1) is 16.7. The largest absolute Gasteiger partial charge is 0.342 e. The van der Waals surface area contributed by atoms with E-state index >= 15 is 0 Å². The van der Waals surface area contributed by atoms with Gasteiger partial charge in [-0.2, -0.15) is 0 Å². The summed E-state index contributed by atoms with van der Waals surface area (Å²) >= 11 is 6.07. The van der Waals surface area contributed by atoms with Gasteiger partial charge in [0.25, 0.3) is 0 Å². The number of rotatable bonds is 2. The summed E-state index contributed by atoms with van der Waals surface area (Å²) in [5.74, 6) is 1.72. The minimum absolute atomic E-state index is 0.202. The van der Waals surface area contributed by atoms with Crippen LogP contribution in [0.5, 0.6) is 0 Å². The Hall–Kier alpha value is -2.46. The molecule has 1 aliphatic carbocycles. The topological polar surface area (TPSA) is 41.6 Å². The van der Waals surface area contributed by atoms with Crippen molar-refractivity contribution in [3.8, 4) is 0 Å². The Labute approximate surface area is 161 Å². The molecule has 0 bridgehead atoms. The van der Waals surface area contributed by atoms with E-state index in [-0.39, 0.29) is 5.82 Å². The zero-order valence-electron chi connectivity index (χ0n) is 14.8. The third-order valence-corrected chi connectivity index (χ3v) is 5.99. The van der Waals surface area contributed by atoms with Crippen molar-refractivity contribution in [2.24, 2.45) is 0 Å². The second-order valence-corrected chi connectivity index (χ2v) is 7.83. The molecule has 0 saturated heterocycles. The molecule has 2 aromatic heterocycles. The van der Waals surface area contributed by atoms with Crippen LogP contribution in [0.3, 0.4) is 0 Å². The molecule has 1 N–H and O–H groups in total. The fourth-order valence-corrected chi connectivity index (χ4v) is 4.53. The molecule has 0 amide bonds. The average Bonchev–Trinajstić information content (AvgIpc) is 3.11. The molecule has 2 heterocycles. The van der Waals surface area contributed by atoms with E-state index in [2.05, 4.69) is 16.0 Å². The van der Waals surface area contributed by atoms with Crippen molar-refractivity contribution < 1.29 is 4.39 Å². The van der Waals surface area contributed by atoms with Gasteiger partial charge in [-0.25, -0.2) is 9.37 Å². The van der Waals surface area contributed by atoms with Crippen LogP contribution < -0.4 is 0 Å². The van der Waals surface area contributed by atoms with Crippen molar-refractivity contribution in [2.45, 2.75) is 37.5 Å². The number of nitrogens with one attached hydrogen (secondary N) is 1. The van der Waals surface area contributed by atoms with Crippen LogP contribution in [-0.2, 0) is 0 Å². The highest BCUT2D eigenvalue weighted by Crippen LogP contribution is 2.41. The Morgan fingerprint density at radius 1 is 0.926 bits per heavy atom. The molecule has 1 fully saturated rings. The number of aromatic amines is 1. The lowest BCUT2D eigenvalue weighted by Crippen LogP contribution is -2.13. The molecular weight excluding hydrogens is 361 g/mol. The average molecular weight is 380 g/mol. The van der Waals surface area contributed by atoms with Crippen molar-refractivity contribution in [3.63, 3.8) is 0 Å². The van der Waals surface area contributed by atoms with Crippen molar-refractivity contribution in [1.29, 1.82) is 0 Å². The van der Waals surface area contributed by atoms with Gasteiger partial charge in [-0.1, -0.05) is 11.6 Å². The molecule has 1 aliphatic rings. The quantitative estimate of drug-likeness (QED) is 0.441. The van der Waals surface area contributed by atoms with E-state index in [0.717, 1.165) is 53.4 Å². The Bertz CT molecular complexity index is 1130. The molecule has 0 aliphatic heterocycles. The second-order valence-electron chi connectivity index (χ2n) is 7.39. The van der Waals surface area contributed by atoms with E-state index in [1.807, 2.05) is 24.4 Å². The number of imidazole rings is 1. The zero-order valence-corrected chi connectivity index (χ0v) is 15.5. The first-order valence-electron chi connectivity index (χ1n) is 9.37. The van der Waals surface area contributed by atoms with Crippen LogP contribution in [0, 0.1) is 5.82 Å². The molecule has 0 spiro atoms. The summed E-state index contributed by atoms with van der Waals surface area (Å²) in [5.41, 5.74) is 4.04. The molecule has 5 rings (SSSR count). The standard InChI is InChI=1S/C22H19ClFN3/c23-15-5-7-20-21(11-15)27-22(26-20)14-3-1-13(2-4-14)17-9-10-25-19-8-6-16(24)12-18(17)19/h5-14H,1-4H2,(H,26,27)/t13-,14+. The summed E-state index contributed by atoms with van der Waals surface area (Å²) in [6, 6.07) is 12.7. The minimum Gasteiger partial charge on any atom is -0.342 e. The van der Waals surface area contributed by atoms with E-state index in [0.29, 0.717) is 16.9 Å². The highest BCUT2D eigenvalue weighted by molar-refractivity contribution is 6.31. The van der Waals surface area contributed by atoms with Crippen molar-refractivity contribution in [1.82, 2.24) is 15.0 Å². The van der Waals surface area contributed by atoms with Gasteiger partial charge in [0.1, 0.15) is 11.6 Å². The second kappa shape index (κ2) is 6.61. The first-order valence-corrected chi connectivity index (χ1v) is 9.74. The predicted octanol–water partition coefficient (Wildman–Crippen LogP) is 6.35. The fraction of sp³-hybridized carbons (Fsp3) is 0.273. The highest BCUT2D eigenvalue weighted by atomic mass is 35.5. The smallest absolute Gasteiger partial charge is 0.123 e. The molecule has 0 atom stereocenters. The van der Waals surface area contributed by atoms with Gasteiger partial charge in [-0.15, -0.1) is 0 Å². The maximum atomic E-state index is 13.7. The van der Waals surface area contributed by atoms with Gasteiger partial charge in [-0.3, -0.25) is 4.98 Å². The molecule has 3 nitrogen and oxygen atoms in total. The molecule has 0 radical (unpaired) electrons. The summed E-state index contributed by atoms with van der Waals surface area (Å²) in [5, 5.41) is 1.65. The van der Waals surface area contributed by atoms with Gasteiger partial charge in [0.05, 0.1) is 16.6 Å². The van der Waals surface area contributed by atoms with Crippen LogP contribution >= 0.6 is 11.6 Å². The van der Waals surface area contributed by atoms with Crippen molar-refractivity contribution in [2.75, 3.05) is 0 Å². The molecule has 5 heteroatoms. The summed E-state index contributed by atoms with van der Waals surface area (Å²) < 4.78 is 13.7. The van der Waals surface area contributed by atoms with Gasteiger partial charge in [0, 0.05) is 22.5 Å². The number of hydrogen-bond acceptors (Lipinski definition) is 2. The summed E-state index contributed by atoms with van der Waals surface area (Å²) in [6.45, 7) is 0. The molecule has 27 heavy (non-hydrogen) atoms. The predicted molar refractivity (Wildman–Crippen MR) is 107 cm³/mol. The van der Waals surface area contributed by atoms with E-state index < -0.39 is 0 Å². The maximum Gasteiger partial charge on any atom is 0.123 e. The summed E-state index contributed by atoms with van der Waals surface area (Å²) in [7, 11) is 0. The van der Waals surface area contributed by atoms with E-state index in [1.54, 1.807) is 12.1 Å². The fourth-order valence-electron chi connectivity index (χ4n) is 4.37. The normalized spacial score (nSPS) is 20.4. The van der Waals surface area contributed by atoms with E-state index in [9.17, 15) is 4.39 Å². The zero-order chi connectivity index (χ0) is 18.4. The van der Waals surface area contributed by atoms with Crippen LogP contribution in [-0.4, -0.2) is 15.0 Å². The Kier molecular flexibility index (Phi) is 4.09. The monoisotopic (exact) mass is 379 g/mol. The molecule has 1 saturated carbocycles. The van der Waals surface area contributed by atoms with Crippen LogP contribution in [0.15, 0.2) is 48.7 Å². The van der Waals surface area contributed by atoms with Crippen LogP contribution in [0.2, 0.25) is 5.02 Å². The first-order chi connectivity index (χ1) is 13.2. The molecular formula is C22H19ClFN3. The maximum absolute atomic E-state index is 13.7. The lowest BCUT2D eigenvalue weighted by Gasteiger charge is -2.28. The number of hydrogen-bond donors (Lipinski definition) is 1. The summed E-state index contributed by atoms with van der Waals surface area (Å²) in [6.07, 6.45) is 6.11. The van der Waals surface area contributed by atoms with Gasteiger partial charge >= 0.3 is 0 Å². The molecule has 0 unspecified atom stereocenters. The van der Waals surface area contributed by atoms with E-state index in [1.165, 1.54) is 11.6 Å². The Morgan fingerprint density at radius 3 is 2.59 bits per heavy atom. The lowest BCUT2D eigenvalue weighted by atomic mass is 9.77. The van der Waals surface area contributed by atoms with Crippen LogP contribution in [0.1, 0.15) is 48.9 Å². The Morgan fingerprint density at radius 2 is 1.74 bits per heavy atom. The SMILES string of the molecule is Fc1ccc2nccc([C@H]3CC[C@@H](c4nc5cc(Cl)ccc5[nH]4)CC3)c2c1. The van der Waals surface area contributed by atoms with Crippen LogP contribution in [0.4, 0.5) is 4.39 Å². The summed E-state index contributed by atoms with van der Waals surface area (Å²) in [4.78, 5) is 12.6. The van der Waals surface area contributed by atoms with Crippen molar-refractivity contribution >= 4 is 33.5 Å². The number of fused-ring (bicyclic) bond motifs is 2. The number of nitrogens with zero attached hydrogens (tertiary/aromatic N) is 2. The highest BCUT2D eigenvalue weighted by Gasteiger charge is 2.26. The van der Waals surface area contributed by atoms with Crippen molar-refractivity contribution in [3.05, 3.63) is 70.9 Å². The third-order valence-electron chi connectivity index (χ3n) is 5.75. The lowest BCUT2D eigenvalue weighted by molar-refractivity contribution is 0.388. The number of pyridine rings is 1. The Balaban J connectivity index is 1.39. The van der Waals surface area contributed by atoms with Gasteiger partial charge < -0.3 is 4.98 Å². The number of H-pyrrole nitrogens is 1. The minimum atomic E-state index is -0.202. The molecule has 2 aromatic carbocycles. The van der Waals surface area contributed by atoms with Crippen LogP contribution in [0.25, 0.3) is 21.9 Å². The van der Waals surface area contributed by atoms with Gasteiger partial charge in [0.15, 0.2) is 0 Å².